The molecule has 0 spiro atoms. The fraction of sp³-hybridized carbons (Fsp3) is 0.167. The van der Waals surface area contributed by atoms with Crippen molar-refractivity contribution in [3.8, 4) is 0 Å². The van der Waals surface area contributed by atoms with Gasteiger partial charge in [0.2, 0.25) is 0 Å². The van der Waals surface area contributed by atoms with Crippen molar-refractivity contribution in [2.45, 2.75) is 13.3 Å². The number of nitrogen functional groups attached to an aromatic ring is 1. The Morgan fingerprint density at radius 3 is 2.80 bits per heavy atom. The summed E-state index contributed by atoms with van der Waals surface area (Å²) in [6.07, 6.45) is 4.42. The maximum absolute atomic E-state index is 5.71. The van der Waals surface area contributed by atoms with Crippen molar-refractivity contribution in [1.29, 1.82) is 0 Å². The molecule has 2 rings (SSSR count). The van der Waals surface area contributed by atoms with Gasteiger partial charge in [0.15, 0.2) is 0 Å². The van der Waals surface area contributed by atoms with E-state index in [2.05, 4.69) is 9.97 Å². The van der Waals surface area contributed by atoms with Gasteiger partial charge < -0.3 is 5.73 Å². The molecule has 15 heavy (non-hydrogen) atoms. The highest BCUT2D eigenvalue weighted by Crippen LogP contribution is 2.11. The first-order valence-electron chi connectivity index (χ1n) is 4.86. The standard InChI is InChI=1S/C12H13N3/c1-9-12(13)5-4-11(15-9)7-10-3-2-6-14-8-10/h2-6,8H,7,13H2,1H3. The summed E-state index contributed by atoms with van der Waals surface area (Å²) in [4.78, 5) is 8.48. The van der Waals surface area contributed by atoms with E-state index in [1.165, 1.54) is 0 Å². The largest absolute Gasteiger partial charge is 0.397 e. The summed E-state index contributed by atoms with van der Waals surface area (Å²) < 4.78 is 0. The van der Waals surface area contributed by atoms with Gasteiger partial charge in [0.25, 0.3) is 0 Å². The number of aryl methyl sites for hydroxylation is 1. The molecule has 3 nitrogen and oxygen atoms in total. The second-order valence-electron chi connectivity index (χ2n) is 3.52. The van der Waals surface area contributed by atoms with Crippen molar-refractivity contribution < 1.29 is 0 Å². The Bertz CT molecular complexity index is 452. The molecular weight excluding hydrogens is 186 g/mol. The molecule has 0 aromatic carbocycles. The van der Waals surface area contributed by atoms with Crippen molar-refractivity contribution in [3.63, 3.8) is 0 Å². The first-order chi connectivity index (χ1) is 7.25. The highest BCUT2D eigenvalue weighted by Gasteiger charge is 2.00. The summed E-state index contributed by atoms with van der Waals surface area (Å²) in [6, 6.07) is 7.82. The van der Waals surface area contributed by atoms with E-state index in [-0.39, 0.29) is 0 Å². The van der Waals surface area contributed by atoms with E-state index in [1.54, 1.807) is 6.20 Å². The molecule has 0 radical (unpaired) electrons. The van der Waals surface area contributed by atoms with Crippen LogP contribution in [0.3, 0.4) is 0 Å². The number of nitrogens with zero attached hydrogens (tertiary/aromatic N) is 2. The number of hydrogen-bond donors (Lipinski definition) is 1. The number of aromatic nitrogens is 2. The average molecular weight is 199 g/mol. The molecule has 76 valence electrons. The lowest BCUT2D eigenvalue weighted by Gasteiger charge is -2.03. The van der Waals surface area contributed by atoms with Gasteiger partial charge in [-0.3, -0.25) is 9.97 Å². The van der Waals surface area contributed by atoms with E-state index in [1.807, 2.05) is 37.4 Å². The Morgan fingerprint density at radius 2 is 2.13 bits per heavy atom. The first kappa shape index (κ1) is 9.65. The van der Waals surface area contributed by atoms with E-state index < -0.39 is 0 Å². The monoisotopic (exact) mass is 199 g/mol. The molecule has 0 fully saturated rings. The third kappa shape index (κ3) is 2.31. The van der Waals surface area contributed by atoms with Gasteiger partial charge in [-0.1, -0.05) is 6.07 Å². The van der Waals surface area contributed by atoms with Crippen LogP contribution < -0.4 is 5.73 Å². The van der Waals surface area contributed by atoms with Crippen molar-refractivity contribution in [2.24, 2.45) is 0 Å². The molecule has 0 atom stereocenters. The summed E-state index contributed by atoms with van der Waals surface area (Å²) in [5, 5.41) is 0. The van der Waals surface area contributed by atoms with Crippen molar-refractivity contribution >= 4 is 5.69 Å². The zero-order valence-electron chi connectivity index (χ0n) is 8.64. The van der Waals surface area contributed by atoms with Gasteiger partial charge in [0.1, 0.15) is 0 Å². The molecule has 2 N–H and O–H groups in total. The Hall–Kier alpha value is -1.90. The number of rotatable bonds is 2. The highest BCUT2D eigenvalue weighted by atomic mass is 14.7. The molecule has 0 aliphatic heterocycles. The van der Waals surface area contributed by atoms with E-state index in [4.69, 9.17) is 5.73 Å². The van der Waals surface area contributed by atoms with Gasteiger partial charge in [-0.05, 0) is 30.7 Å². The maximum atomic E-state index is 5.71. The van der Waals surface area contributed by atoms with Crippen LogP contribution >= 0.6 is 0 Å². The van der Waals surface area contributed by atoms with Gasteiger partial charge in [-0.15, -0.1) is 0 Å². The third-order valence-corrected chi connectivity index (χ3v) is 2.29. The fourth-order valence-corrected chi connectivity index (χ4v) is 1.43. The normalized spacial score (nSPS) is 10.2. The van der Waals surface area contributed by atoms with Crippen molar-refractivity contribution in [1.82, 2.24) is 9.97 Å². The quantitative estimate of drug-likeness (QED) is 0.804. The zero-order valence-corrected chi connectivity index (χ0v) is 8.64. The average Bonchev–Trinajstić information content (AvgIpc) is 2.25. The molecular formula is C12H13N3. The van der Waals surface area contributed by atoms with Gasteiger partial charge in [-0.25, -0.2) is 0 Å². The Morgan fingerprint density at radius 1 is 1.27 bits per heavy atom. The molecule has 0 aliphatic rings. The summed E-state index contributed by atoms with van der Waals surface area (Å²) >= 11 is 0. The van der Waals surface area contributed by atoms with Crippen LogP contribution in [0.2, 0.25) is 0 Å². The fourth-order valence-electron chi connectivity index (χ4n) is 1.43. The lowest BCUT2D eigenvalue weighted by Crippen LogP contribution is -1.98. The van der Waals surface area contributed by atoms with Crippen LogP contribution in [0.5, 0.6) is 0 Å². The van der Waals surface area contributed by atoms with Crippen LogP contribution in [-0.2, 0) is 6.42 Å². The van der Waals surface area contributed by atoms with Crippen molar-refractivity contribution in [3.05, 3.63) is 53.6 Å². The summed E-state index contributed by atoms with van der Waals surface area (Å²) in [5.41, 5.74) is 9.52. The Kier molecular flexibility index (Phi) is 2.63. The zero-order chi connectivity index (χ0) is 10.7. The maximum Gasteiger partial charge on any atom is 0.0605 e. The lowest BCUT2D eigenvalue weighted by molar-refractivity contribution is 1.03. The minimum atomic E-state index is 0.741. The highest BCUT2D eigenvalue weighted by molar-refractivity contribution is 5.42. The SMILES string of the molecule is Cc1nc(Cc2cccnc2)ccc1N. The number of nitrogens with two attached hydrogens (primary N) is 1. The molecule has 3 heteroatoms. The summed E-state index contributed by atoms with van der Waals surface area (Å²) in [5.74, 6) is 0. The minimum absolute atomic E-state index is 0.741. The van der Waals surface area contributed by atoms with E-state index in [0.29, 0.717) is 0 Å². The number of anilines is 1. The molecule has 0 bridgehead atoms. The minimum Gasteiger partial charge on any atom is -0.397 e. The van der Waals surface area contributed by atoms with E-state index >= 15 is 0 Å². The second kappa shape index (κ2) is 4.09. The number of pyridine rings is 2. The van der Waals surface area contributed by atoms with Gasteiger partial charge >= 0.3 is 0 Å². The first-order valence-corrected chi connectivity index (χ1v) is 4.86. The molecule has 2 aromatic rings. The van der Waals surface area contributed by atoms with Crippen LogP contribution in [0.25, 0.3) is 0 Å². The molecule has 0 unspecified atom stereocenters. The molecule has 0 aliphatic carbocycles. The Labute approximate surface area is 89.0 Å². The summed E-state index contributed by atoms with van der Waals surface area (Å²) in [7, 11) is 0. The van der Waals surface area contributed by atoms with Crippen LogP contribution in [-0.4, -0.2) is 9.97 Å². The molecule has 0 saturated heterocycles. The second-order valence-corrected chi connectivity index (χ2v) is 3.52. The molecule has 0 amide bonds. The van der Waals surface area contributed by atoms with Gasteiger partial charge in [0, 0.05) is 24.5 Å². The van der Waals surface area contributed by atoms with Crippen LogP contribution in [0, 0.1) is 6.92 Å². The topological polar surface area (TPSA) is 51.8 Å². The third-order valence-electron chi connectivity index (χ3n) is 2.29. The number of hydrogen-bond acceptors (Lipinski definition) is 3. The predicted octanol–water partition coefficient (Wildman–Crippen LogP) is 1.96. The molecule has 2 aromatic heterocycles. The lowest BCUT2D eigenvalue weighted by atomic mass is 10.1. The predicted molar refractivity (Wildman–Crippen MR) is 60.4 cm³/mol. The van der Waals surface area contributed by atoms with Crippen molar-refractivity contribution in [2.75, 3.05) is 5.73 Å². The van der Waals surface area contributed by atoms with Crippen LogP contribution in [0.4, 0.5) is 5.69 Å². The van der Waals surface area contributed by atoms with E-state index in [9.17, 15) is 0 Å². The molecule has 0 saturated carbocycles. The smallest absolute Gasteiger partial charge is 0.0605 e. The van der Waals surface area contributed by atoms with E-state index in [0.717, 1.165) is 29.1 Å². The molecule has 2 heterocycles. The Balaban J connectivity index is 2.22. The van der Waals surface area contributed by atoms with Gasteiger partial charge in [-0.2, -0.15) is 0 Å². The summed E-state index contributed by atoms with van der Waals surface area (Å²) in [6.45, 7) is 1.92. The van der Waals surface area contributed by atoms with Crippen LogP contribution in [0.15, 0.2) is 36.7 Å². The van der Waals surface area contributed by atoms with Crippen LogP contribution in [0.1, 0.15) is 17.0 Å². The van der Waals surface area contributed by atoms with Gasteiger partial charge in [0.05, 0.1) is 11.4 Å².